The molecule has 0 saturated carbocycles. The molecule has 1 N–H and O–H groups in total. The molecule has 0 saturated heterocycles. The molecular formula is C20H16F3N3O2. The van der Waals surface area contributed by atoms with E-state index in [1.807, 2.05) is 0 Å². The van der Waals surface area contributed by atoms with Gasteiger partial charge in [0.2, 0.25) is 5.91 Å². The Morgan fingerprint density at radius 1 is 1.04 bits per heavy atom. The van der Waals surface area contributed by atoms with E-state index in [9.17, 15) is 22.8 Å². The van der Waals surface area contributed by atoms with Gasteiger partial charge in [-0.05, 0) is 24.3 Å². The monoisotopic (exact) mass is 387 g/mol. The number of alkyl halides is 3. The van der Waals surface area contributed by atoms with Crippen LogP contribution in [0.15, 0.2) is 60.8 Å². The van der Waals surface area contributed by atoms with E-state index in [0.717, 1.165) is 22.4 Å². The molecule has 0 spiro atoms. The largest absolute Gasteiger partial charge is 0.418 e. The summed E-state index contributed by atoms with van der Waals surface area (Å²) in [6.45, 7) is -0.408. The van der Waals surface area contributed by atoms with Crippen molar-refractivity contribution in [2.45, 2.75) is 6.18 Å². The third-order valence-electron chi connectivity index (χ3n) is 4.10. The molecule has 8 heteroatoms. The summed E-state index contributed by atoms with van der Waals surface area (Å²) in [6.07, 6.45) is -3.04. The Balaban J connectivity index is 1.75. The number of carbonyl (C=O) groups is 2. The first kappa shape index (κ1) is 19.3. The van der Waals surface area contributed by atoms with E-state index in [4.69, 9.17) is 0 Å². The summed E-state index contributed by atoms with van der Waals surface area (Å²) < 4.78 is 39.1. The fourth-order valence-corrected chi connectivity index (χ4v) is 2.80. The molecule has 2 amide bonds. The number of aromatic nitrogens is 1. The standard InChI is InChI=1S/C20H16F3N3O2/c1-26(19(28)14-8-4-6-13-7-5-11-24-18(13)14)12-17(27)25-16-10-3-2-9-15(16)20(21,22)23/h2-11H,12H2,1H3,(H,25,27). The Kier molecular flexibility index (Phi) is 5.30. The van der Waals surface area contributed by atoms with Crippen molar-refractivity contribution in [2.24, 2.45) is 0 Å². The lowest BCUT2D eigenvalue weighted by Gasteiger charge is -2.19. The number of nitrogens with one attached hydrogen (secondary N) is 1. The number of halogens is 3. The first-order chi connectivity index (χ1) is 13.3. The average Bonchev–Trinajstić information content (AvgIpc) is 2.66. The molecule has 144 valence electrons. The predicted molar refractivity (Wildman–Crippen MR) is 98.8 cm³/mol. The average molecular weight is 387 g/mol. The summed E-state index contributed by atoms with van der Waals surface area (Å²) in [5.74, 6) is -1.19. The normalized spacial score (nSPS) is 11.3. The van der Waals surface area contributed by atoms with Gasteiger partial charge in [0.05, 0.1) is 28.9 Å². The van der Waals surface area contributed by atoms with E-state index < -0.39 is 30.1 Å². The molecule has 0 aliphatic carbocycles. The van der Waals surface area contributed by atoms with Crippen molar-refractivity contribution in [1.82, 2.24) is 9.88 Å². The number of anilines is 1. The topological polar surface area (TPSA) is 62.3 Å². The molecule has 0 aliphatic heterocycles. The molecule has 1 heterocycles. The van der Waals surface area contributed by atoms with E-state index >= 15 is 0 Å². The van der Waals surface area contributed by atoms with Crippen molar-refractivity contribution in [1.29, 1.82) is 0 Å². The number of pyridine rings is 1. The van der Waals surface area contributed by atoms with Gasteiger partial charge in [0.25, 0.3) is 5.91 Å². The van der Waals surface area contributed by atoms with Gasteiger partial charge in [-0.25, -0.2) is 0 Å². The van der Waals surface area contributed by atoms with Crippen molar-refractivity contribution >= 4 is 28.4 Å². The van der Waals surface area contributed by atoms with Crippen molar-refractivity contribution in [3.05, 3.63) is 71.9 Å². The van der Waals surface area contributed by atoms with Crippen molar-refractivity contribution in [2.75, 3.05) is 18.9 Å². The molecule has 3 rings (SSSR count). The second kappa shape index (κ2) is 7.67. The maximum atomic E-state index is 13.0. The Bertz CT molecular complexity index is 1030. The minimum Gasteiger partial charge on any atom is -0.332 e. The van der Waals surface area contributed by atoms with Crippen molar-refractivity contribution < 1.29 is 22.8 Å². The second-order valence-corrected chi connectivity index (χ2v) is 6.13. The van der Waals surface area contributed by atoms with Crippen LogP contribution in [0.2, 0.25) is 0 Å². The van der Waals surface area contributed by atoms with Crippen LogP contribution in [0.5, 0.6) is 0 Å². The van der Waals surface area contributed by atoms with Crippen LogP contribution in [-0.4, -0.2) is 35.3 Å². The van der Waals surface area contributed by atoms with Crippen LogP contribution in [0, 0.1) is 0 Å². The number of likely N-dealkylation sites (N-methyl/N-ethyl adjacent to an activating group) is 1. The highest BCUT2D eigenvalue weighted by Crippen LogP contribution is 2.34. The molecule has 0 aliphatic rings. The lowest BCUT2D eigenvalue weighted by Crippen LogP contribution is -2.35. The third-order valence-corrected chi connectivity index (χ3v) is 4.10. The summed E-state index contributed by atoms with van der Waals surface area (Å²) in [7, 11) is 1.40. The molecule has 0 fully saturated rings. The van der Waals surface area contributed by atoms with E-state index in [1.54, 1.807) is 36.5 Å². The van der Waals surface area contributed by atoms with Gasteiger partial charge in [0.1, 0.15) is 0 Å². The lowest BCUT2D eigenvalue weighted by atomic mass is 10.1. The summed E-state index contributed by atoms with van der Waals surface area (Å²) in [5, 5.41) is 2.99. The van der Waals surface area contributed by atoms with Gasteiger partial charge in [-0.2, -0.15) is 13.2 Å². The highest BCUT2D eigenvalue weighted by molar-refractivity contribution is 6.06. The maximum absolute atomic E-state index is 13.0. The number of carbonyl (C=O) groups excluding carboxylic acids is 2. The summed E-state index contributed by atoms with van der Waals surface area (Å²) in [4.78, 5) is 30.2. The predicted octanol–water partition coefficient (Wildman–Crippen LogP) is 3.96. The van der Waals surface area contributed by atoms with E-state index in [0.29, 0.717) is 11.1 Å². The molecule has 0 atom stereocenters. The zero-order valence-corrected chi connectivity index (χ0v) is 14.8. The molecule has 0 bridgehead atoms. The zero-order chi connectivity index (χ0) is 20.3. The van der Waals surface area contributed by atoms with Gasteiger partial charge in [-0.3, -0.25) is 14.6 Å². The first-order valence-corrected chi connectivity index (χ1v) is 8.32. The SMILES string of the molecule is CN(CC(=O)Nc1ccccc1C(F)(F)F)C(=O)c1cccc2cccnc12. The van der Waals surface area contributed by atoms with Gasteiger partial charge in [0, 0.05) is 18.6 Å². The second-order valence-electron chi connectivity index (χ2n) is 6.13. The fourth-order valence-electron chi connectivity index (χ4n) is 2.80. The summed E-state index contributed by atoms with van der Waals surface area (Å²) in [5.41, 5.74) is -0.503. The third kappa shape index (κ3) is 4.11. The lowest BCUT2D eigenvalue weighted by molar-refractivity contribution is -0.137. The fraction of sp³-hybridized carbons (Fsp3) is 0.150. The smallest absolute Gasteiger partial charge is 0.332 e. The Morgan fingerprint density at radius 3 is 2.50 bits per heavy atom. The number of para-hydroxylation sites is 2. The molecule has 3 aromatic rings. The van der Waals surface area contributed by atoms with Crippen LogP contribution in [0.25, 0.3) is 10.9 Å². The van der Waals surface area contributed by atoms with Gasteiger partial charge < -0.3 is 10.2 Å². The van der Waals surface area contributed by atoms with Crippen molar-refractivity contribution in [3.63, 3.8) is 0 Å². The Hall–Kier alpha value is -3.42. The molecule has 5 nitrogen and oxygen atoms in total. The van der Waals surface area contributed by atoms with Gasteiger partial charge in [-0.1, -0.05) is 30.3 Å². The van der Waals surface area contributed by atoms with Crippen LogP contribution in [0.4, 0.5) is 18.9 Å². The summed E-state index contributed by atoms with van der Waals surface area (Å²) in [6, 6.07) is 13.3. The minimum absolute atomic E-state index is 0.309. The van der Waals surface area contributed by atoms with Crippen LogP contribution in [-0.2, 0) is 11.0 Å². The van der Waals surface area contributed by atoms with E-state index in [-0.39, 0.29) is 5.69 Å². The van der Waals surface area contributed by atoms with E-state index in [2.05, 4.69) is 10.3 Å². The van der Waals surface area contributed by atoms with Gasteiger partial charge in [-0.15, -0.1) is 0 Å². The Labute approximate surface area is 158 Å². The van der Waals surface area contributed by atoms with Gasteiger partial charge in [0.15, 0.2) is 0 Å². The summed E-state index contributed by atoms with van der Waals surface area (Å²) >= 11 is 0. The number of hydrogen-bond donors (Lipinski definition) is 1. The van der Waals surface area contributed by atoms with Crippen LogP contribution in [0.1, 0.15) is 15.9 Å². The number of rotatable bonds is 4. The first-order valence-electron chi connectivity index (χ1n) is 8.32. The number of benzene rings is 2. The number of nitrogens with zero attached hydrogens (tertiary/aromatic N) is 2. The number of hydrogen-bond acceptors (Lipinski definition) is 3. The molecular weight excluding hydrogens is 371 g/mol. The molecule has 2 aromatic carbocycles. The van der Waals surface area contributed by atoms with E-state index in [1.165, 1.54) is 19.2 Å². The Morgan fingerprint density at radius 2 is 1.75 bits per heavy atom. The molecule has 0 unspecified atom stereocenters. The highest BCUT2D eigenvalue weighted by Gasteiger charge is 2.33. The van der Waals surface area contributed by atoms with Crippen molar-refractivity contribution in [3.8, 4) is 0 Å². The molecule has 1 aromatic heterocycles. The van der Waals surface area contributed by atoms with Crippen LogP contribution in [0.3, 0.4) is 0 Å². The number of amides is 2. The maximum Gasteiger partial charge on any atom is 0.418 e. The highest BCUT2D eigenvalue weighted by atomic mass is 19.4. The van der Waals surface area contributed by atoms with Gasteiger partial charge >= 0.3 is 6.18 Å². The van der Waals surface area contributed by atoms with Crippen LogP contribution >= 0.6 is 0 Å². The molecule has 0 radical (unpaired) electrons. The van der Waals surface area contributed by atoms with Crippen LogP contribution < -0.4 is 5.32 Å². The zero-order valence-electron chi connectivity index (χ0n) is 14.8. The quantitative estimate of drug-likeness (QED) is 0.737. The molecule has 28 heavy (non-hydrogen) atoms. The number of fused-ring (bicyclic) bond motifs is 1. The minimum atomic E-state index is -4.60.